The van der Waals surface area contributed by atoms with Gasteiger partial charge in [0.2, 0.25) is 0 Å². The van der Waals surface area contributed by atoms with Crippen molar-refractivity contribution in [1.29, 1.82) is 0 Å². The first kappa shape index (κ1) is 15.5. The SMILES string of the molecule is CCOc1cc(CCC(C)O)ccc1OC(=O)CC. The normalized spacial score (nSPS) is 12.0. The van der Waals surface area contributed by atoms with Crippen LogP contribution < -0.4 is 9.47 Å². The molecule has 0 bridgehead atoms. The predicted octanol–water partition coefficient (Wildman–Crippen LogP) is 2.71. The van der Waals surface area contributed by atoms with E-state index in [1.54, 1.807) is 19.9 Å². The van der Waals surface area contributed by atoms with Gasteiger partial charge in [-0.1, -0.05) is 13.0 Å². The Morgan fingerprint density at radius 2 is 2.05 bits per heavy atom. The zero-order chi connectivity index (χ0) is 14.3. The minimum absolute atomic E-state index is 0.280. The zero-order valence-corrected chi connectivity index (χ0v) is 11.8. The third-order valence-corrected chi connectivity index (χ3v) is 2.67. The van der Waals surface area contributed by atoms with E-state index >= 15 is 0 Å². The molecule has 19 heavy (non-hydrogen) atoms. The summed E-state index contributed by atoms with van der Waals surface area (Å²) >= 11 is 0. The van der Waals surface area contributed by atoms with Crippen LogP contribution in [0.2, 0.25) is 0 Å². The summed E-state index contributed by atoms with van der Waals surface area (Å²) in [5.41, 5.74) is 1.06. The van der Waals surface area contributed by atoms with Crippen molar-refractivity contribution in [3.8, 4) is 11.5 Å². The number of hydrogen-bond acceptors (Lipinski definition) is 4. The molecule has 1 N–H and O–H groups in total. The first-order valence-corrected chi connectivity index (χ1v) is 6.71. The Labute approximate surface area is 114 Å². The molecule has 1 aromatic rings. The minimum Gasteiger partial charge on any atom is -0.490 e. The van der Waals surface area contributed by atoms with Gasteiger partial charge in [0.25, 0.3) is 0 Å². The largest absolute Gasteiger partial charge is 0.490 e. The van der Waals surface area contributed by atoms with Gasteiger partial charge in [0.15, 0.2) is 11.5 Å². The molecule has 1 unspecified atom stereocenters. The van der Waals surface area contributed by atoms with E-state index in [1.165, 1.54) is 0 Å². The summed E-state index contributed by atoms with van der Waals surface area (Å²) < 4.78 is 10.7. The number of carbonyl (C=O) groups is 1. The van der Waals surface area contributed by atoms with E-state index in [2.05, 4.69) is 0 Å². The Morgan fingerprint density at radius 1 is 1.32 bits per heavy atom. The summed E-state index contributed by atoms with van der Waals surface area (Å²) in [7, 11) is 0. The highest BCUT2D eigenvalue weighted by atomic mass is 16.6. The van der Waals surface area contributed by atoms with E-state index in [0.717, 1.165) is 12.0 Å². The van der Waals surface area contributed by atoms with Crippen molar-refractivity contribution in [3.63, 3.8) is 0 Å². The van der Waals surface area contributed by atoms with Gasteiger partial charge in [-0.05, 0) is 44.4 Å². The summed E-state index contributed by atoms with van der Waals surface area (Å²) in [5, 5.41) is 9.29. The van der Waals surface area contributed by atoms with Gasteiger partial charge in [0.05, 0.1) is 12.7 Å². The average Bonchev–Trinajstić information content (AvgIpc) is 2.39. The van der Waals surface area contributed by atoms with Gasteiger partial charge in [0.1, 0.15) is 0 Å². The average molecular weight is 266 g/mol. The van der Waals surface area contributed by atoms with Crippen molar-refractivity contribution in [3.05, 3.63) is 23.8 Å². The van der Waals surface area contributed by atoms with E-state index in [9.17, 15) is 9.90 Å². The number of carbonyl (C=O) groups excluding carboxylic acids is 1. The van der Waals surface area contributed by atoms with Gasteiger partial charge in [-0.15, -0.1) is 0 Å². The molecular formula is C15H22O4. The second kappa shape index (κ2) is 7.79. The van der Waals surface area contributed by atoms with E-state index in [1.807, 2.05) is 19.1 Å². The molecule has 0 heterocycles. The third kappa shape index (κ3) is 5.30. The maximum absolute atomic E-state index is 11.3. The number of esters is 1. The van der Waals surface area contributed by atoms with Gasteiger partial charge in [-0.2, -0.15) is 0 Å². The first-order chi connectivity index (χ1) is 9.06. The first-order valence-electron chi connectivity index (χ1n) is 6.71. The lowest BCUT2D eigenvalue weighted by Crippen LogP contribution is -2.08. The summed E-state index contributed by atoms with van der Waals surface area (Å²) in [6.07, 6.45) is 1.46. The molecule has 0 fully saturated rings. The lowest BCUT2D eigenvalue weighted by atomic mass is 10.1. The van der Waals surface area contributed by atoms with Crippen molar-refractivity contribution in [2.45, 2.75) is 46.1 Å². The molecule has 0 radical (unpaired) electrons. The monoisotopic (exact) mass is 266 g/mol. The van der Waals surface area contributed by atoms with Gasteiger partial charge in [0, 0.05) is 6.42 Å². The maximum atomic E-state index is 11.3. The van der Waals surface area contributed by atoms with Crippen LogP contribution in [0.3, 0.4) is 0 Å². The number of hydrogen-bond donors (Lipinski definition) is 1. The molecule has 0 aliphatic heterocycles. The molecule has 0 saturated heterocycles. The van der Waals surface area contributed by atoms with Crippen LogP contribution >= 0.6 is 0 Å². The highest BCUT2D eigenvalue weighted by Crippen LogP contribution is 2.29. The number of aliphatic hydroxyl groups excluding tert-OH is 1. The van der Waals surface area contributed by atoms with Crippen LogP contribution in [0.1, 0.15) is 39.2 Å². The zero-order valence-electron chi connectivity index (χ0n) is 11.8. The number of aryl methyl sites for hydroxylation is 1. The van der Waals surface area contributed by atoms with Crippen LogP contribution in [0.25, 0.3) is 0 Å². The Kier molecular flexibility index (Phi) is 6.36. The molecule has 106 valence electrons. The molecule has 4 heteroatoms. The van der Waals surface area contributed by atoms with Gasteiger partial charge in [-0.25, -0.2) is 0 Å². The quantitative estimate of drug-likeness (QED) is 0.609. The molecule has 0 amide bonds. The smallest absolute Gasteiger partial charge is 0.311 e. The van der Waals surface area contributed by atoms with Crippen molar-refractivity contribution >= 4 is 5.97 Å². The topological polar surface area (TPSA) is 55.8 Å². The van der Waals surface area contributed by atoms with Gasteiger partial charge >= 0.3 is 5.97 Å². The second-order valence-corrected chi connectivity index (χ2v) is 4.43. The Hall–Kier alpha value is -1.55. The Bertz CT molecular complexity index is 413. The molecular weight excluding hydrogens is 244 g/mol. The molecule has 1 atom stereocenters. The Balaban J connectivity index is 2.84. The van der Waals surface area contributed by atoms with Crippen LogP contribution in [-0.2, 0) is 11.2 Å². The summed E-state index contributed by atoms with van der Waals surface area (Å²) in [6.45, 7) is 5.91. The summed E-state index contributed by atoms with van der Waals surface area (Å²) in [5.74, 6) is 0.750. The van der Waals surface area contributed by atoms with Crippen molar-refractivity contribution in [2.24, 2.45) is 0 Å². The molecule has 0 aromatic heterocycles. The number of ether oxygens (including phenoxy) is 2. The molecule has 0 spiro atoms. The molecule has 1 aromatic carbocycles. The van der Waals surface area contributed by atoms with Crippen molar-refractivity contribution in [2.75, 3.05) is 6.61 Å². The number of rotatable bonds is 7. The molecule has 1 rings (SSSR count). The van der Waals surface area contributed by atoms with Gasteiger partial charge < -0.3 is 14.6 Å². The van der Waals surface area contributed by atoms with Crippen LogP contribution in [-0.4, -0.2) is 23.8 Å². The predicted molar refractivity (Wildman–Crippen MR) is 73.5 cm³/mol. The Morgan fingerprint density at radius 3 is 2.63 bits per heavy atom. The third-order valence-electron chi connectivity index (χ3n) is 2.67. The van der Waals surface area contributed by atoms with Crippen molar-refractivity contribution < 1.29 is 19.4 Å². The number of benzene rings is 1. The van der Waals surface area contributed by atoms with Crippen LogP contribution in [0.15, 0.2) is 18.2 Å². The fourth-order valence-electron chi connectivity index (χ4n) is 1.63. The second-order valence-electron chi connectivity index (χ2n) is 4.43. The highest BCUT2D eigenvalue weighted by molar-refractivity contribution is 5.72. The van der Waals surface area contributed by atoms with E-state index < -0.39 is 0 Å². The summed E-state index contributed by atoms with van der Waals surface area (Å²) in [6, 6.07) is 5.50. The highest BCUT2D eigenvalue weighted by Gasteiger charge is 2.10. The fourth-order valence-corrected chi connectivity index (χ4v) is 1.63. The van der Waals surface area contributed by atoms with E-state index in [0.29, 0.717) is 30.9 Å². The minimum atomic E-state index is -0.326. The van der Waals surface area contributed by atoms with E-state index in [4.69, 9.17) is 9.47 Å². The fraction of sp³-hybridized carbons (Fsp3) is 0.533. The number of aliphatic hydroxyl groups is 1. The van der Waals surface area contributed by atoms with Gasteiger partial charge in [-0.3, -0.25) is 4.79 Å². The van der Waals surface area contributed by atoms with Crippen LogP contribution in [0.5, 0.6) is 11.5 Å². The molecule has 0 aliphatic carbocycles. The molecule has 4 nitrogen and oxygen atoms in total. The summed E-state index contributed by atoms with van der Waals surface area (Å²) in [4.78, 5) is 11.3. The molecule has 0 saturated carbocycles. The standard InChI is InChI=1S/C15H22O4/c1-4-15(17)19-13-9-8-12(7-6-11(3)16)10-14(13)18-5-2/h8-11,16H,4-7H2,1-3H3. The van der Waals surface area contributed by atoms with Crippen LogP contribution in [0.4, 0.5) is 0 Å². The lowest BCUT2D eigenvalue weighted by Gasteiger charge is -2.12. The van der Waals surface area contributed by atoms with Crippen molar-refractivity contribution in [1.82, 2.24) is 0 Å². The lowest BCUT2D eigenvalue weighted by molar-refractivity contribution is -0.134. The van der Waals surface area contributed by atoms with E-state index in [-0.39, 0.29) is 12.1 Å². The van der Waals surface area contributed by atoms with Crippen LogP contribution in [0, 0.1) is 0 Å². The molecule has 0 aliphatic rings. The maximum Gasteiger partial charge on any atom is 0.311 e.